The maximum atomic E-state index is 6.04. The minimum atomic E-state index is 0.145. The molecule has 0 spiro atoms. The van der Waals surface area contributed by atoms with Crippen LogP contribution in [0.15, 0.2) is 29.6 Å². The van der Waals surface area contributed by atoms with Crippen LogP contribution in [0, 0.1) is 6.92 Å². The fourth-order valence-corrected chi connectivity index (χ4v) is 3.48. The number of benzene rings is 1. The van der Waals surface area contributed by atoms with Gasteiger partial charge in [-0.25, -0.2) is 0 Å². The maximum absolute atomic E-state index is 6.04. The lowest BCUT2D eigenvalue weighted by atomic mass is 10.0. The van der Waals surface area contributed by atoms with Crippen molar-refractivity contribution in [2.75, 3.05) is 7.05 Å². The van der Waals surface area contributed by atoms with Crippen molar-refractivity contribution in [2.24, 2.45) is 0 Å². The van der Waals surface area contributed by atoms with Gasteiger partial charge in [0.2, 0.25) is 0 Å². The van der Waals surface area contributed by atoms with Gasteiger partial charge in [-0.1, -0.05) is 23.2 Å². The van der Waals surface area contributed by atoms with Gasteiger partial charge in [-0.3, -0.25) is 0 Å². The Bertz CT molecular complexity index is 502. The molecule has 0 bridgehead atoms. The molecule has 4 heteroatoms. The van der Waals surface area contributed by atoms with Gasteiger partial charge in [0, 0.05) is 14.9 Å². The summed E-state index contributed by atoms with van der Waals surface area (Å²) in [5, 5.41) is 6.74. The van der Waals surface area contributed by atoms with Gasteiger partial charge in [0.25, 0.3) is 0 Å². The van der Waals surface area contributed by atoms with E-state index in [9.17, 15) is 0 Å². The van der Waals surface area contributed by atoms with E-state index in [4.69, 9.17) is 23.2 Å². The zero-order valence-corrected chi connectivity index (χ0v) is 12.0. The lowest BCUT2D eigenvalue weighted by molar-refractivity contribution is 0.700. The Labute approximate surface area is 115 Å². The van der Waals surface area contributed by atoms with Crippen LogP contribution in [0.5, 0.6) is 0 Å². The molecule has 0 aliphatic rings. The predicted octanol–water partition coefficient (Wildman–Crippen LogP) is 4.67. The second kappa shape index (κ2) is 5.40. The number of halogens is 2. The fraction of sp³-hybridized carbons (Fsp3) is 0.231. The molecule has 2 aromatic rings. The van der Waals surface area contributed by atoms with E-state index in [1.165, 1.54) is 10.4 Å². The molecule has 0 amide bonds. The molecule has 1 atom stereocenters. The molecule has 0 fully saturated rings. The molecule has 1 nitrogen and oxygen atoms in total. The predicted molar refractivity (Wildman–Crippen MR) is 76.4 cm³/mol. The van der Waals surface area contributed by atoms with Crippen LogP contribution in [-0.2, 0) is 0 Å². The highest BCUT2D eigenvalue weighted by molar-refractivity contribution is 7.10. The Kier molecular flexibility index (Phi) is 4.10. The summed E-state index contributed by atoms with van der Waals surface area (Å²) < 4.78 is 0. The molecule has 0 aliphatic heterocycles. The van der Waals surface area contributed by atoms with Crippen LogP contribution in [0.25, 0.3) is 0 Å². The van der Waals surface area contributed by atoms with Gasteiger partial charge < -0.3 is 5.32 Å². The smallest absolute Gasteiger partial charge is 0.0672 e. The zero-order chi connectivity index (χ0) is 12.4. The number of rotatable bonds is 3. The number of nitrogens with one attached hydrogen (secondary N) is 1. The Hall–Kier alpha value is -0.540. The summed E-state index contributed by atoms with van der Waals surface area (Å²) in [7, 11) is 1.94. The summed E-state index contributed by atoms with van der Waals surface area (Å²) in [5.74, 6) is 0. The van der Waals surface area contributed by atoms with Gasteiger partial charge >= 0.3 is 0 Å². The first kappa shape index (κ1) is 12.9. The normalized spacial score (nSPS) is 12.7. The van der Waals surface area contributed by atoms with Gasteiger partial charge in [0.05, 0.1) is 6.04 Å². The summed E-state index contributed by atoms with van der Waals surface area (Å²) in [6.45, 7) is 2.11. The second-order valence-electron chi connectivity index (χ2n) is 3.89. The van der Waals surface area contributed by atoms with E-state index in [0.29, 0.717) is 10.0 Å². The SMILES string of the molecule is CNC(c1cc(Cl)cc(Cl)c1)c1sccc1C. The van der Waals surface area contributed by atoms with E-state index < -0.39 is 0 Å². The van der Waals surface area contributed by atoms with Crippen LogP contribution in [0.4, 0.5) is 0 Å². The molecule has 1 N–H and O–H groups in total. The minimum absolute atomic E-state index is 0.145. The Morgan fingerprint density at radius 3 is 2.29 bits per heavy atom. The highest BCUT2D eigenvalue weighted by Gasteiger charge is 2.16. The molecular formula is C13H13Cl2NS. The maximum Gasteiger partial charge on any atom is 0.0672 e. The zero-order valence-electron chi connectivity index (χ0n) is 9.63. The molecule has 1 unspecified atom stereocenters. The molecule has 1 heterocycles. The van der Waals surface area contributed by atoms with Crippen LogP contribution in [-0.4, -0.2) is 7.05 Å². The Morgan fingerprint density at radius 2 is 1.82 bits per heavy atom. The molecule has 2 rings (SSSR count). The molecule has 1 aromatic carbocycles. The van der Waals surface area contributed by atoms with Crippen molar-refractivity contribution in [1.82, 2.24) is 5.32 Å². The van der Waals surface area contributed by atoms with Gasteiger partial charge in [-0.15, -0.1) is 11.3 Å². The van der Waals surface area contributed by atoms with E-state index in [-0.39, 0.29) is 6.04 Å². The lowest BCUT2D eigenvalue weighted by Gasteiger charge is -2.17. The molecule has 1 aromatic heterocycles. The van der Waals surface area contributed by atoms with Gasteiger partial charge in [-0.05, 0) is 54.7 Å². The topological polar surface area (TPSA) is 12.0 Å². The van der Waals surface area contributed by atoms with E-state index in [0.717, 1.165) is 5.56 Å². The van der Waals surface area contributed by atoms with Crippen molar-refractivity contribution < 1.29 is 0 Å². The Morgan fingerprint density at radius 1 is 1.18 bits per heavy atom. The summed E-state index contributed by atoms with van der Waals surface area (Å²) in [4.78, 5) is 1.30. The molecule has 17 heavy (non-hydrogen) atoms. The minimum Gasteiger partial charge on any atom is -0.309 e. The fourth-order valence-electron chi connectivity index (χ4n) is 1.87. The van der Waals surface area contributed by atoms with Crippen molar-refractivity contribution >= 4 is 34.5 Å². The quantitative estimate of drug-likeness (QED) is 0.864. The van der Waals surface area contributed by atoms with E-state index in [1.54, 1.807) is 17.4 Å². The third-order valence-electron chi connectivity index (χ3n) is 2.67. The van der Waals surface area contributed by atoms with Gasteiger partial charge in [0.1, 0.15) is 0 Å². The van der Waals surface area contributed by atoms with Gasteiger partial charge in [0.15, 0.2) is 0 Å². The molecule has 0 radical (unpaired) electrons. The molecular weight excluding hydrogens is 273 g/mol. The largest absolute Gasteiger partial charge is 0.309 e. The lowest BCUT2D eigenvalue weighted by Crippen LogP contribution is -2.17. The monoisotopic (exact) mass is 285 g/mol. The van der Waals surface area contributed by atoms with Crippen molar-refractivity contribution in [1.29, 1.82) is 0 Å². The van der Waals surface area contributed by atoms with Crippen molar-refractivity contribution in [3.63, 3.8) is 0 Å². The molecule has 0 saturated carbocycles. The van der Waals surface area contributed by atoms with Crippen LogP contribution in [0.1, 0.15) is 22.0 Å². The number of aryl methyl sites for hydroxylation is 1. The van der Waals surface area contributed by atoms with Crippen molar-refractivity contribution in [3.8, 4) is 0 Å². The summed E-state index contributed by atoms with van der Waals surface area (Å²) in [6, 6.07) is 7.92. The first-order chi connectivity index (χ1) is 8.11. The van der Waals surface area contributed by atoms with Crippen LogP contribution in [0.3, 0.4) is 0 Å². The summed E-state index contributed by atoms with van der Waals surface area (Å²) >= 11 is 13.8. The number of hydrogen-bond acceptors (Lipinski definition) is 2. The Balaban J connectivity index is 2.45. The standard InChI is InChI=1S/C13H13Cl2NS/c1-8-3-4-17-13(8)12(16-2)9-5-10(14)7-11(15)6-9/h3-7,12,16H,1-2H3. The van der Waals surface area contributed by atoms with Crippen molar-refractivity contribution in [3.05, 3.63) is 55.7 Å². The third-order valence-corrected chi connectivity index (χ3v) is 4.19. The molecule has 90 valence electrons. The summed E-state index contributed by atoms with van der Waals surface area (Å²) in [6.07, 6.45) is 0. The number of thiophene rings is 1. The first-order valence-corrected chi connectivity index (χ1v) is 6.92. The number of hydrogen-bond donors (Lipinski definition) is 1. The molecule has 0 saturated heterocycles. The summed E-state index contributed by atoms with van der Waals surface area (Å²) in [5.41, 5.74) is 2.38. The van der Waals surface area contributed by atoms with Crippen LogP contribution in [0.2, 0.25) is 10.0 Å². The average Bonchev–Trinajstić information content (AvgIpc) is 2.65. The third kappa shape index (κ3) is 2.83. The average molecular weight is 286 g/mol. The highest BCUT2D eigenvalue weighted by atomic mass is 35.5. The van der Waals surface area contributed by atoms with Gasteiger partial charge in [-0.2, -0.15) is 0 Å². The van der Waals surface area contributed by atoms with Crippen LogP contribution < -0.4 is 5.32 Å². The van der Waals surface area contributed by atoms with E-state index >= 15 is 0 Å². The first-order valence-electron chi connectivity index (χ1n) is 5.29. The van der Waals surface area contributed by atoms with Crippen molar-refractivity contribution in [2.45, 2.75) is 13.0 Å². The molecule has 0 aliphatic carbocycles. The van der Waals surface area contributed by atoms with Crippen LogP contribution >= 0.6 is 34.5 Å². The second-order valence-corrected chi connectivity index (χ2v) is 5.71. The van der Waals surface area contributed by atoms with E-state index in [1.807, 2.05) is 19.2 Å². The highest BCUT2D eigenvalue weighted by Crippen LogP contribution is 2.32. The van der Waals surface area contributed by atoms with E-state index in [2.05, 4.69) is 23.7 Å².